The van der Waals surface area contributed by atoms with Crippen LogP contribution in [0.25, 0.3) is 0 Å². The summed E-state index contributed by atoms with van der Waals surface area (Å²) in [6, 6.07) is 9.37. The van der Waals surface area contributed by atoms with E-state index in [1.165, 1.54) is 6.07 Å². The zero-order valence-corrected chi connectivity index (χ0v) is 16.0. The minimum Gasteiger partial charge on any atom is -0.496 e. The Labute approximate surface area is 159 Å². The van der Waals surface area contributed by atoms with Crippen molar-refractivity contribution in [1.82, 2.24) is 15.6 Å². The number of ether oxygens (including phenoxy) is 1. The van der Waals surface area contributed by atoms with Gasteiger partial charge in [-0.1, -0.05) is 12.1 Å². The van der Waals surface area contributed by atoms with Gasteiger partial charge in [0, 0.05) is 38.9 Å². The number of anilines is 1. The second-order valence-corrected chi connectivity index (χ2v) is 6.61. The predicted octanol–water partition coefficient (Wildman–Crippen LogP) is 2.48. The lowest BCUT2D eigenvalue weighted by Crippen LogP contribution is -2.44. The highest BCUT2D eigenvalue weighted by Gasteiger charge is 2.25. The van der Waals surface area contributed by atoms with Crippen molar-refractivity contribution in [3.05, 3.63) is 53.5 Å². The second-order valence-electron chi connectivity index (χ2n) is 6.61. The lowest BCUT2D eigenvalue weighted by atomic mass is 10.1. The van der Waals surface area contributed by atoms with E-state index in [0.717, 1.165) is 35.8 Å². The van der Waals surface area contributed by atoms with Crippen LogP contribution in [0.3, 0.4) is 0 Å². The van der Waals surface area contributed by atoms with Crippen molar-refractivity contribution in [3.63, 3.8) is 0 Å². The highest BCUT2D eigenvalue weighted by atomic mass is 19.1. The highest BCUT2D eigenvalue weighted by molar-refractivity contribution is 5.80. The Morgan fingerprint density at radius 1 is 1.41 bits per heavy atom. The fourth-order valence-corrected chi connectivity index (χ4v) is 3.23. The predicted molar refractivity (Wildman–Crippen MR) is 106 cm³/mol. The Morgan fingerprint density at radius 2 is 2.26 bits per heavy atom. The topological polar surface area (TPSA) is 61.8 Å². The molecule has 3 rings (SSSR count). The van der Waals surface area contributed by atoms with E-state index >= 15 is 0 Å². The first-order valence-corrected chi connectivity index (χ1v) is 9.07. The van der Waals surface area contributed by atoms with Crippen LogP contribution in [0.2, 0.25) is 0 Å². The summed E-state index contributed by atoms with van der Waals surface area (Å²) in [5, 5.41) is 6.74. The molecular weight excluding hydrogens is 345 g/mol. The number of hydrogen-bond acceptors (Lipinski definition) is 4. The van der Waals surface area contributed by atoms with Crippen LogP contribution < -0.4 is 20.3 Å². The third-order valence-electron chi connectivity index (χ3n) is 4.72. The van der Waals surface area contributed by atoms with Crippen LogP contribution in [-0.4, -0.2) is 44.2 Å². The lowest BCUT2D eigenvalue weighted by molar-refractivity contribution is 0.411. The highest BCUT2D eigenvalue weighted by Crippen LogP contribution is 2.21. The lowest BCUT2D eigenvalue weighted by Gasteiger charge is -2.20. The molecule has 1 aliphatic rings. The van der Waals surface area contributed by atoms with Crippen LogP contribution in [0.15, 0.2) is 41.5 Å². The van der Waals surface area contributed by atoms with Gasteiger partial charge in [-0.3, -0.25) is 4.99 Å². The number of benzene rings is 1. The summed E-state index contributed by atoms with van der Waals surface area (Å²) < 4.78 is 19.3. The summed E-state index contributed by atoms with van der Waals surface area (Å²) in [5.41, 5.74) is 2.22. The van der Waals surface area contributed by atoms with E-state index in [1.54, 1.807) is 26.4 Å². The van der Waals surface area contributed by atoms with Crippen LogP contribution in [0, 0.1) is 12.7 Å². The molecule has 2 N–H and O–H groups in total. The van der Waals surface area contributed by atoms with Crippen molar-refractivity contribution in [2.75, 3.05) is 32.1 Å². The van der Waals surface area contributed by atoms with Gasteiger partial charge in [0.2, 0.25) is 0 Å². The molecule has 0 bridgehead atoms. The standard InChI is InChI=1S/C20H26FN5O/c1-14-6-7-15(11-18(14)27-3)12-24-20(22-2)25-16-8-10-26(13-16)19-17(21)5-4-9-23-19/h4-7,9,11,16H,8,10,12-13H2,1-3H3,(H2,22,24,25). The average molecular weight is 371 g/mol. The number of guanidine groups is 1. The van der Waals surface area contributed by atoms with E-state index in [9.17, 15) is 4.39 Å². The van der Waals surface area contributed by atoms with Crippen LogP contribution in [0.4, 0.5) is 10.2 Å². The smallest absolute Gasteiger partial charge is 0.191 e. The van der Waals surface area contributed by atoms with Crippen molar-refractivity contribution < 1.29 is 9.13 Å². The summed E-state index contributed by atoms with van der Waals surface area (Å²) in [7, 11) is 3.42. The van der Waals surface area contributed by atoms with Gasteiger partial charge in [0.1, 0.15) is 5.75 Å². The first-order valence-electron chi connectivity index (χ1n) is 9.07. The summed E-state index contributed by atoms with van der Waals surface area (Å²) in [5.74, 6) is 1.73. The Hall–Kier alpha value is -2.83. The molecule has 1 saturated heterocycles. The molecule has 0 saturated carbocycles. The Kier molecular flexibility index (Phi) is 6.11. The molecule has 1 aromatic heterocycles. The van der Waals surface area contributed by atoms with Crippen LogP contribution in [-0.2, 0) is 6.54 Å². The number of aromatic nitrogens is 1. The summed E-state index contributed by atoms with van der Waals surface area (Å²) in [6.45, 7) is 4.11. The zero-order chi connectivity index (χ0) is 19.2. The first-order chi connectivity index (χ1) is 13.1. The van der Waals surface area contributed by atoms with Gasteiger partial charge >= 0.3 is 0 Å². The van der Waals surface area contributed by atoms with E-state index in [0.29, 0.717) is 18.9 Å². The molecule has 1 fully saturated rings. The molecule has 1 atom stereocenters. The van der Waals surface area contributed by atoms with Crippen LogP contribution in [0.1, 0.15) is 17.5 Å². The third kappa shape index (κ3) is 4.67. The molecule has 144 valence electrons. The normalized spacial score (nSPS) is 17.1. The van der Waals surface area contributed by atoms with Crippen LogP contribution in [0.5, 0.6) is 5.75 Å². The van der Waals surface area contributed by atoms with Gasteiger partial charge in [-0.05, 0) is 42.7 Å². The molecule has 0 radical (unpaired) electrons. The van der Waals surface area contributed by atoms with Gasteiger partial charge in [-0.25, -0.2) is 9.37 Å². The number of methoxy groups -OCH3 is 1. The van der Waals surface area contributed by atoms with E-state index in [1.807, 2.05) is 24.0 Å². The van der Waals surface area contributed by atoms with E-state index in [2.05, 4.69) is 26.7 Å². The van der Waals surface area contributed by atoms with Gasteiger partial charge < -0.3 is 20.3 Å². The summed E-state index contributed by atoms with van der Waals surface area (Å²) >= 11 is 0. The first kappa shape index (κ1) is 18.9. The monoisotopic (exact) mass is 371 g/mol. The number of rotatable bonds is 5. The SMILES string of the molecule is CN=C(NCc1ccc(C)c(OC)c1)NC1CCN(c2ncccc2F)C1. The number of nitrogens with zero attached hydrogens (tertiary/aromatic N) is 3. The molecule has 7 heteroatoms. The minimum atomic E-state index is -0.283. The molecule has 1 aromatic carbocycles. The molecule has 1 unspecified atom stereocenters. The molecule has 27 heavy (non-hydrogen) atoms. The average Bonchev–Trinajstić information content (AvgIpc) is 3.14. The molecular formula is C20H26FN5O. The molecule has 0 aliphatic carbocycles. The van der Waals surface area contributed by atoms with E-state index < -0.39 is 0 Å². The number of aliphatic imine (C=N–C) groups is 1. The van der Waals surface area contributed by atoms with Gasteiger partial charge in [-0.15, -0.1) is 0 Å². The number of halogens is 1. The minimum absolute atomic E-state index is 0.185. The van der Waals surface area contributed by atoms with Gasteiger partial charge in [0.25, 0.3) is 0 Å². The quantitative estimate of drug-likeness (QED) is 0.625. The fraction of sp³-hybridized carbons (Fsp3) is 0.400. The maximum Gasteiger partial charge on any atom is 0.191 e. The van der Waals surface area contributed by atoms with E-state index in [4.69, 9.17) is 4.74 Å². The number of nitrogens with one attached hydrogen (secondary N) is 2. The van der Waals surface area contributed by atoms with Gasteiger partial charge in [0.15, 0.2) is 17.6 Å². The Bertz CT molecular complexity index is 811. The number of pyridine rings is 1. The molecule has 2 heterocycles. The van der Waals surface area contributed by atoms with Gasteiger partial charge in [-0.2, -0.15) is 0 Å². The number of hydrogen-bond donors (Lipinski definition) is 2. The third-order valence-corrected chi connectivity index (χ3v) is 4.72. The number of aryl methyl sites for hydroxylation is 1. The molecule has 1 aliphatic heterocycles. The molecule has 2 aromatic rings. The summed E-state index contributed by atoms with van der Waals surface area (Å²) in [4.78, 5) is 10.4. The summed E-state index contributed by atoms with van der Waals surface area (Å²) in [6.07, 6.45) is 2.52. The largest absolute Gasteiger partial charge is 0.496 e. The zero-order valence-electron chi connectivity index (χ0n) is 16.0. The second kappa shape index (κ2) is 8.70. The Morgan fingerprint density at radius 3 is 3.00 bits per heavy atom. The maximum absolute atomic E-state index is 13.9. The molecule has 0 spiro atoms. The van der Waals surface area contributed by atoms with Crippen molar-refractivity contribution in [2.45, 2.75) is 25.9 Å². The molecule has 6 nitrogen and oxygen atoms in total. The van der Waals surface area contributed by atoms with Crippen molar-refractivity contribution in [3.8, 4) is 5.75 Å². The maximum atomic E-state index is 13.9. The van der Waals surface area contributed by atoms with Crippen molar-refractivity contribution >= 4 is 11.8 Å². The fourth-order valence-electron chi connectivity index (χ4n) is 3.23. The van der Waals surface area contributed by atoms with Gasteiger partial charge in [0.05, 0.1) is 7.11 Å². The van der Waals surface area contributed by atoms with Crippen molar-refractivity contribution in [1.29, 1.82) is 0 Å². The Balaban J connectivity index is 1.55. The van der Waals surface area contributed by atoms with Crippen LogP contribution >= 0.6 is 0 Å². The molecule has 0 amide bonds. The van der Waals surface area contributed by atoms with Crippen molar-refractivity contribution in [2.24, 2.45) is 4.99 Å². The van der Waals surface area contributed by atoms with E-state index in [-0.39, 0.29) is 11.9 Å².